The Morgan fingerprint density at radius 1 is 1.17 bits per heavy atom. The Morgan fingerprint density at radius 3 is 2.43 bits per heavy atom. The molecule has 0 aromatic heterocycles. The summed E-state index contributed by atoms with van der Waals surface area (Å²) >= 11 is 0. The monoisotopic (exact) mass is 326 g/mol. The number of aromatic hydroxyl groups is 1. The smallest absolute Gasteiger partial charge is 0.130 e. The lowest BCUT2D eigenvalue weighted by Crippen LogP contribution is -2.55. The van der Waals surface area contributed by atoms with Crippen LogP contribution in [0.15, 0.2) is 18.2 Å². The molecular formula is C16H22O7. The third kappa shape index (κ3) is 3.88. The number of Topliss-reactive ketones (excluding diaryl/α,β-unsaturated/α-hetero) is 1. The maximum Gasteiger partial charge on any atom is 0.130 e. The van der Waals surface area contributed by atoms with E-state index in [1.54, 1.807) is 6.07 Å². The van der Waals surface area contributed by atoms with Crippen LogP contribution in [0.4, 0.5) is 0 Å². The number of rotatable bonds is 5. The molecule has 7 heteroatoms. The van der Waals surface area contributed by atoms with Gasteiger partial charge in [-0.1, -0.05) is 12.1 Å². The lowest BCUT2D eigenvalue weighted by atomic mass is 9.90. The highest BCUT2D eigenvalue weighted by atomic mass is 16.5. The van der Waals surface area contributed by atoms with Gasteiger partial charge in [-0.05, 0) is 25.0 Å². The van der Waals surface area contributed by atoms with E-state index in [0.29, 0.717) is 12.8 Å². The van der Waals surface area contributed by atoms with E-state index in [2.05, 4.69) is 0 Å². The number of phenols is 1. The minimum atomic E-state index is -1.50. The van der Waals surface area contributed by atoms with Crippen molar-refractivity contribution < 1.29 is 35.1 Å². The predicted octanol–water partition coefficient (Wildman–Crippen LogP) is -0.571. The molecule has 1 fully saturated rings. The van der Waals surface area contributed by atoms with E-state index in [9.17, 15) is 30.3 Å². The fourth-order valence-electron chi connectivity index (χ4n) is 2.66. The first kappa shape index (κ1) is 17.8. The number of aliphatic hydroxyl groups is 4. The summed E-state index contributed by atoms with van der Waals surface area (Å²) in [5, 5.41) is 49.0. The minimum Gasteiger partial charge on any atom is -0.508 e. The molecule has 1 aromatic carbocycles. The van der Waals surface area contributed by atoms with E-state index in [4.69, 9.17) is 4.74 Å². The number of carbonyl (C=O) groups is 1. The van der Waals surface area contributed by atoms with E-state index in [0.717, 1.165) is 5.56 Å². The average Bonchev–Trinajstić information content (AvgIpc) is 2.52. The van der Waals surface area contributed by atoms with Gasteiger partial charge in [0.05, 0.1) is 6.61 Å². The van der Waals surface area contributed by atoms with Gasteiger partial charge >= 0.3 is 0 Å². The van der Waals surface area contributed by atoms with Gasteiger partial charge in [0.25, 0.3) is 0 Å². The second-order valence-electron chi connectivity index (χ2n) is 5.84. The predicted molar refractivity (Wildman–Crippen MR) is 79.8 cm³/mol. The topological polar surface area (TPSA) is 127 Å². The SMILES string of the molecule is CC(=O)CCc1ccc(C2O[C@H](CO)[C@@H](O)[C@H](O)[C@H]2O)c(O)c1. The molecule has 1 aliphatic rings. The summed E-state index contributed by atoms with van der Waals surface area (Å²) in [6.07, 6.45) is -5.65. The largest absolute Gasteiger partial charge is 0.508 e. The van der Waals surface area contributed by atoms with Gasteiger partial charge in [0.1, 0.15) is 42.1 Å². The molecule has 1 heterocycles. The van der Waals surface area contributed by atoms with Crippen LogP contribution in [0.1, 0.15) is 30.6 Å². The highest BCUT2D eigenvalue weighted by Gasteiger charge is 2.44. The van der Waals surface area contributed by atoms with E-state index in [-0.39, 0.29) is 17.1 Å². The molecule has 0 radical (unpaired) electrons. The molecule has 5 atom stereocenters. The van der Waals surface area contributed by atoms with E-state index in [1.807, 2.05) is 0 Å². The van der Waals surface area contributed by atoms with Gasteiger partial charge in [-0.15, -0.1) is 0 Å². The Morgan fingerprint density at radius 2 is 1.87 bits per heavy atom. The summed E-state index contributed by atoms with van der Waals surface area (Å²) in [4.78, 5) is 11.0. The second kappa shape index (κ2) is 7.37. The Balaban J connectivity index is 2.21. The first-order valence-electron chi connectivity index (χ1n) is 7.47. The molecule has 0 spiro atoms. The van der Waals surface area contributed by atoms with Crippen molar-refractivity contribution in [3.8, 4) is 5.75 Å². The molecule has 23 heavy (non-hydrogen) atoms. The zero-order valence-electron chi connectivity index (χ0n) is 12.8. The van der Waals surface area contributed by atoms with Crippen LogP contribution in [-0.4, -0.2) is 62.3 Å². The number of aliphatic hydroxyl groups excluding tert-OH is 4. The Hall–Kier alpha value is -1.51. The number of hydrogen-bond donors (Lipinski definition) is 5. The van der Waals surface area contributed by atoms with Crippen LogP contribution >= 0.6 is 0 Å². The number of ether oxygens (including phenoxy) is 1. The lowest BCUT2D eigenvalue weighted by molar-refractivity contribution is -0.232. The molecule has 1 unspecified atom stereocenters. The van der Waals surface area contributed by atoms with Crippen molar-refractivity contribution in [1.82, 2.24) is 0 Å². The van der Waals surface area contributed by atoms with Crippen molar-refractivity contribution in [3.05, 3.63) is 29.3 Å². The zero-order valence-corrected chi connectivity index (χ0v) is 12.8. The highest BCUT2D eigenvalue weighted by molar-refractivity contribution is 5.75. The van der Waals surface area contributed by atoms with Crippen LogP contribution in [0.2, 0.25) is 0 Å². The molecule has 0 saturated carbocycles. The van der Waals surface area contributed by atoms with Gasteiger partial charge in [-0.25, -0.2) is 0 Å². The first-order chi connectivity index (χ1) is 10.8. The number of ketones is 1. The molecule has 1 aromatic rings. The molecule has 1 saturated heterocycles. The number of aryl methyl sites for hydroxylation is 1. The summed E-state index contributed by atoms with van der Waals surface area (Å²) in [6, 6.07) is 4.71. The maximum atomic E-state index is 11.0. The first-order valence-corrected chi connectivity index (χ1v) is 7.47. The third-order valence-corrected chi connectivity index (χ3v) is 4.06. The van der Waals surface area contributed by atoms with Crippen LogP contribution in [0.25, 0.3) is 0 Å². The highest BCUT2D eigenvalue weighted by Crippen LogP contribution is 2.36. The standard InChI is InChI=1S/C16H22O7/c1-8(18)2-3-9-4-5-10(11(19)6-9)16-15(22)14(21)13(20)12(7-17)23-16/h4-6,12-17,19-22H,2-3,7H2,1H3/t12-,13-,14+,15-,16?/m1/s1. The van der Waals surface area contributed by atoms with E-state index in [1.165, 1.54) is 19.1 Å². The van der Waals surface area contributed by atoms with Crippen LogP contribution in [0, 0.1) is 0 Å². The van der Waals surface area contributed by atoms with E-state index >= 15 is 0 Å². The zero-order chi connectivity index (χ0) is 17.1. The average molecular weight is 326 g/mol. The molecule has 0 bridgehead atoms. The van der Waals surface area contributed by atoms with Crippen molar-refractivity contribution >= 4 is 5.78 Å². The molecule has 7 nitrogen and oxygen atoms in total. The van der Waals surface area contributed by atoms with Crippen molar-refractivity contribution in [3.63, 3.8) is 0 Å². The normalized spacial score (nSPS) is 31.1. The molecule has 2 rings (SSSR count). The number of hydrogen-bond acceptors (Lipinski definition) is 7. The van der Waals surface area contributed by atoms with Crippen LogP contribution in [0.3, 0.4) is 0 Å². The van der Waals surface area contributed by atoms with Gasteiger partial charge in [0.2, 0.25) is 0 Å². The molecule has 5 N–H and O–H groups in total. The molecule has 0 aliphatic carbocycles. The second-order valence-corrected chi connectivity index (χ2v) is 5.84. The number of phenolic OH excluding ortho intramolecular Hbond substituents is 1. The van der Waals surface area contributed by atoms with E-state index < -0.39 is 37.1 Å². The van der Waals surface area contributed by atoms with Gasteiger partial charge in [-0.3, -0.25) is 0 Å². The van der Waals surface area contributed by atoms with Crippen molar-refractivity contribution in [2.75, 3.05) is 6.61 Å². The summed E-state index contributed by atoms with van der Waals surface area (Å²) in [5.41, 5.74) is 1.000. The number of carbonyl (C=O) groups excluding carboxylic acids is 1. The molecule has 1 aliphatic heterocycles. The Labute approximate surface area is 133 Å². The van der Waals surface area contributed by atoms with Crippen molar-refractivity contribution in [2.24, 2.45) is 0 Å². The third-order valence-electron chi connectivity index (χ3n) is 4.06. The van der Waals surface area contributed by atoms with Crippen LogP contribution in [0.5, 0.6) is 5.75 Å². The molecular weight excluding hydrogens is 304 g/mol. The van der Waals surface area contributed by atoms with Crippen LogP contribution < -0.4 is 0 Å². The fourth-order valence-corrected chi connectivity index (χ4v) is 2.66. The fraction of sp³-hybridized carbons (Fsp3) is 0.562. The summed E-state index contributed by atoms with van der Waals surface area (Å²) in [5.74, 6) is -0.0992. The van der Waals surface area contributed by atoms with Gasteiger partial charge in [0.15, 0.2) is 0 Å². The Bertz CT molecular complexity index is 557. The maximum absolute atomic E-state index is 11.0. The lowest BCUT2D eigenvalue weighted by Gasteiger charge is -2.40. The molecule has 0 amide bonds. The molecule has 128 valence electrons. The summed E-state index contributed by atoms with van der Waals surface area (Å²) in [7, 11) is 0. The quantitative estimate of drug-likeness (QED) is 0.490. The number of benzene rings is 1. The summed E-state index contributed by atoms with van der Waals surface area (Å²) < 4.78 is 5.41. The van der Waals surface area contributed by atoms with Gasteiger partial charge in [0, 0.05) is 12.0 Å². The minimum absolute atomic E-state index is 0.0440. The van der Waals surface area contributed by atoms with Crippen molar-refractivity contribution in [1.29, 1.82) is 0 Å². The van der Waals surface area contributed by atoms with Crippen molar-refractivity contribution in [2.45, 2.75) is 50.3 Å². The van der Waals surface area contributed by atoms with Gasteiger partial charge < -0.3 is 35.1 Å². The van der Waals surface area contributed by atoms with Crippen LogP contribution in [-0.2, 0) is 16.0 Å². The Kier molecular flexibility index (Phi) is 5.72. The summed E-state index contributed by atoms with van der Waals surface area (Å²) in [6.45, 7) is 0.959. The van der Waals surface area contributed by atoms with Gasteiger partial charge in [-0.2, -0.15) is 0 Å².